The predicted octanol–water partition coefficient (Wildman–Crippen LogP) is 2.65. The zero-order valence-corrected chi connectivity index (χ0v) is 11.6. The number of hydrogen-bond acceptors (Lipinski definition) is 3. The Kier molecular flexibility index (Phi) is 3.78. The van der Waals surface area contributed by atoms with Crippen LogP contribution in [-0.2, 0) is 6.54 Å². The molecule has 0 aliphatic heterocycles. The molecule has 0 bridgehead atoms. The van der Waals surface area contributed by atoms with Crippen LogP contribution in [0.15, 0.2) is 30.6 Å². The Hall–Kier alpha value is -1.75. The molecule has 0 unspecified atom stereocenters. The molecule has 1 aliphatic carbocycles. The summed E-state index contributed by atoms with van der Waals surface area (Å²) in [6.07, 6.45) is 4.22. The second kappa shape index (κ2) is 5.71. The zero-order valence-electron chi connectivity index (χ0n) is 11.6. The summed E-state index contributed by atoms with van der Waals surface area (Å²) in [6, 6.07) is 6.89. The summed E-state index contributed by atoms with van der Waals surface area (Å²) < 4.78 is 15.7. The summed E-state index contributed by atoms with van der Waals surface area (Å²) in [5.41, 5.74) is 0.707. The molecule has 4 nitrogen and oxygen atoms in total. The first-order valence-corrected chi connectivity index (χ1v) is 7.11. The van der Waals surface area contributed by atoms with Gasteiger partial charge < -0.3 is 9.88 Å². The Labute approximate surface area is 118 Å². The first kappa shape index (κ1) is 13.2. The molecule has 0 spiro atoms. The molecule has 1 atom stereocenters. The van der Waals surface area contributed by atoms with E-state index < -0.39 is 0 Å². The first-order valence-electron chi connectivity index (χ1n) is 7.11. The Balaban J connectivity index is 1.54. The number of hydrogen-bond donors (Lipinski definition) is 1. The third kappa shape index (κ3) is 2.88. The van der Waals surface area contributed by atoms with Gasteiger partial charge in [0.25, 0.3) is 0 Å². The fourth-order valence-electron chi connectivity index (χ4n) is 2.43. The van der Waals surface area contributed by atoms with Gasteiger partial charge in [-0.3, -0.25) is 0 Å². The third-order valence-electron chi connectivity index (χ3n) is 3.76. The highest BCUT2D eigenvalue weighted by atomic mass is 19.1. The van der Waals surface area contributed by atoms with Crippen molar-refractivity contribution in [3.63, 3.8) is 0 Å². The smallest absolute Gasteiger partial charge is 0.135 e. The molecule has 106 valence electrons. The van der Waals surface area contributed by atoms with Gasteiger partial charge in [0.1, 0.15) is 18.0 Å². The lowest BCUT2D eigenvalue weighted by Crippen LogP contribution is -2.24. The number of halogens is 1. The average Bonchev–Trinajstić information content (AvgIpc) is 3.19. The van der Waals surface area contributed by atoms with E-state index in [1.807, 2.05) is 19.1 Å². The molecule has 0 radical (unpaired) electrons. The van der Waals surface area contributed by atoms with Crippen molar-refractivity contribution in [1.82, 2.24) is 20.1 Å². The van der Waals surface area contributed by atoms with Crippen LogP contribution in [0.5, 0.6) is 0 Å². The zero-order chi connectivity index (χ0) is 13.9. The maximum Gasteiger partial charge on any atom is 0.135 e. The molecule has 2 aromatic rings. The molecule has 5 heteroatoms. The standard InChI is InChI=1S/C15H19FN4/c1-11(13-4-2-3-5-14(13)16)17-8-9-20-10-18-19-15(20)12-6-7-12/h2-5,10-12,17H,6-9H2,1H3/t11-/m1/s1. The highest BCUT2D eigenvalue weighted by molar-refractivity contribution is 5.20. The minimum Gasteiger partial charge on any atom is -0.316 e. The highest BCUT2D eigenvalue weighted by Gasteiger charge is 2.28. The van der Waals surface area contributed by atoms with Gasteiger partial charge in [-0.05, 0) is 25.8 Å². The van der Waals surface area contributed by atoms with Gasteiger partial charge in [0.05, 0.1) is 0 Å². The molecule has 0 amide bonds. The number of aromatic nitrogens is 3. The van der Waals surface area contributed by atoms with Gasteiger partial charge in [-0.2, -0.15) is 0 Å². The molecular weight excluding hydrogens is 255 g/mol. The lowest BCUT2D eigenvalue weighted by Gasteiger charge is -2.15. The van der Waals surface area contributed by atoms with Gasteiger partial charge in [0.15, 0.2) is 0 Å². The average molecular weight is 274 g/mol. The number of rotatable bonds is 6. The van der Waals surface area contributed by atoms with Crippen molar-refractivity contribution in [3.8, 4) is 0 Å². The van der Waals surface area contributed by atoms with Gasteiger partial charge in [-0.1, -0.05) is 18.2 Å². The normalized spacial score (nSPS) is 16.3. The van der Waals surface area contributed by atoms with E-state index in [2.05, 4.69) is 20.1 Å². The molecule has 1 fully saturated rings. The quantitative estimate of drug-likeness (QED) is 0.880. The predicted molar refractivity (Wildman–Crippen MR) is 74.8 cm³/mol. The minimum absolute atomic E-state index is 0.00273. The van der Waals surface area contributed by atoms with Crippen LogP contribution in [0.4, 0.5) is 4.39 Å². The molecule has 1 heterocycles. The molecule has 1 aliphatic rings. The van der Waals surface area contributed by atoms with Gasteiger partial charge in [0, 0.05) is 30.6 Å². The molecule has 1 saturated carbocycles. The van der Waals surface area contributed by atoms with E-state index in [1.165, 1.54) is 18.9 Å². The summed E-state index contributed by atoms with van der Waals surface area (Å²) in [4.78, 5) is 0. The van der Waals surface area contributed by atoms with E-state index >= 15 is 0 Å². The maximum absolute atomic E-state index is 13.7. The Bertz CT molecular complexity index is 577. The van der Waals surface area contributed by atoms with Crippen molar-refractivity contribution in [3.05, 3.63) is 47.8 Å². The number of benzene rings is 1. The van der Waals surface area contributed by atoms with Crippen molar-refractivity contribution in [1.29, 1.82) is 0 Å². The van der Waals surface area contributed by atoms with E-state index in [4.69, 9.17) is 0 Å². The van der Waals surface area contributed by atoms with Gasteiger partial charge in [0.2, 0.25) is 0 Å². The number of nitrogens with one attached hydrogen (secondary N) is 1. The lowest BCUT2D eigenvalue weighted by atomic mass is 10.1. The van der Waals surface area contributed by atoms with E-state index in [-0.39, 0.29) is 11.9 Å². The monoisotopic (exact) mass is 274 g/mol. The van der Waals surface area contributed by atoms with E-state index in [0.717, 1.165) is 18.9 Å². The summed E-state index contributed by atoms with van der Waals surface area (Å²) in [6.45, 7) is 3.57. The van der Waals surface area contributed by atoms with Crippen LogP contribution in [0, 0.1) is 5.82 Å². The van der Waals surface area contributed by atoms with Crippen molar-refractivity contribution >= 4 is 0 Å². The van der Waals surface area contributed by atoms with Crippen LogP contribution in [0.1, 0.15) is 43.1 Å². The van der Waals surface area contributed by atoms with Crippen LogP contribution >= 0.6 is 0 Å². The van der Waals surface area contributed by atoms with Crippen molar-refractivity contribution in [2.24, 2.45) is 0 Å². The Morgan fingerprint density at radius 1 is 1.40 bits per heavy atom. The first-order chi connectivity index (χ1) is 9.75. The molecule has 1 aromatic heterocycles. The second-order valence-electron chi connectivity index (χ2n) is 5.35. The van der Waals surface area contributed by atoms with E-state index in [1.54, 1.807) is 12.4 Å². The van der Waals surface area contributed by atoms with E-state index in [9.17, 15) is 4.39 Å². The molecule has 0 saturated heterocycles. The minimum atomic E-state index is -0.157. The molecule has 1 N–H and O–H groups in total. The summed E-state index contributed by atoms with van der Waals surface area (Å²) >= 11 is 0. The van der Waals surface area contributed by atoms with Crippen molar-refractivity contribution in [2.75, 3.05) is 6.54 Å². The maximum atomic E-state index is 13.7. The van der Waals surface area contributed by atoms with Crippen LogP contribution in [-0.4, -0.2) is 21.3 Å². The molecule has 1 aromatic carbocycles. The fourth-order valence-corrected chi connectivity index (χ4v) is 2.43. The summed E-state index contributed by atoms with van der Waals surface area (Å²) in [5, 5.41) is 11.5. The molecular formula is C15H19FN4. The van der Waals surface area contributed by atoms with Crippen LogP contribution < -0.4 is 5.32 Å². The van der Waals surface area contributed by atoms with Crippen molar-refractivity contribution < 1.29 is 4.39 Å². The van der Waals surface area contributed by atoms with Crippen LogP contribution in [0.25, 0.3) is 0 Å². The third-order valence-corrected chi connectivity index (χ3v) is 3.76. The largest absolute Gasteiger partial charge is 0.316 e. The second-order valence-corrected chi connectivity index (χ2v) is 5.35. The fraction of sp³-hybridized carbons (Fsp3) is 0.467. The number of nitrogens with zero attached hydrogens (tertiary/aromatic N) is 3. The van der Waals surface area contributed by atoms with Gasteiger partial charge in [-0.15, -0.1) is 10.2 Å². The Morgan fingerprint density at radius 3 is 2.95 bits per heavy atom. The van der Waals surface area contributed by atoms with E-state index in [0.29, 0.717) is 11.5 Å². The summed E-state index contributed by atoms with van der Waals surface area (Å²) in [5.74, 6) is 1.53. The van der Waals surface area contributed by atoms with Gasteiger partial charge >= 0.3 is 0 Å². The lowest BCUT2D eigenvalue weighted by molar-refractivity contribution is 0.499. The van der Waals surface area contributed by atoms with Crippen molar-refractivity contribution in [2.45, 2.75) is 38.3 Å². The summed E-state index contributed by atoms with van der Waals surface area (Å²) in [7, 11) is 0. The molecule has 3 rings (SSSR count). The van der Waals surface area contributed by atoms with Gasteiger partial charge in [-0.25, -0.2) is 4.39 Å². The van der Waals surface area contributed by atoms with Crippen LogP contribution in [0.3, 0.4) is 0 Å². The SMILES string of the molecule is C[C@@H](NCCn1cnnc1C1CC1)c1ccccc1F. The topological polar surface area (TPSA) is 42.7 Å². The molecule has 20 heavy (non-hydrogen) atoms. The Morgan fingerprint density at radius 2 is 2.20 bits per heavy atom. The van der Waals surface area contributed by atoms with Crippen LogP contribution in [0.2, 0.25) is 0 Å². The highest BCUT2D eigenvalue weighted by Crippen LogP contribution is 2.38.